The highest BCUT2D eigenvalue weighted by Crippen LogP contribution is 2.40. The largest absolute Gasteiger partial charge is 0.404 e. The van der Waals surface area contributed by atoms with E-state index in [4.69, 9.17) is 18.6 Å². The summed E-state index contributed by atoms with van der Waals surface area (Å²) in [4.78, 5) is 12.5. The number of hydrogen-bond acceptors (Lipinski definition) is 5. The molecule has 0 unspecified atom stereocenters. The Morgan fingerprint density at radius 2 is 1.80 bits per heavy atom. The van der Waals surface area contributed by atoms with Gasteiger partial charge in [-0.15, -0.1) is 0 Å². The zero-order chi connectivity index (χ0) is 18.2. The third-order valence-corrected chi connectivity index (χ3v) is 9.87. The molecule has 0 radical (unpaired) electrons. The predicted octanol–water partition coefficient (Wildman–Crippen LogP) is 3.46. The van der Waals surface area contributed by atoms with Gasteiger partial charge in [-0.3, -0.25) is 4.79 Å². The molecule has 3 rings (SSSR count). The molecule has 0 bridgehead atoms. The van der Waals surface area contributed by atoms with Crippen molar-refractivity contribution in [3.8, 4) is 0 Å². The maximum Gasteiger partial charge on any atom is 0.193 e. The monoisotopic (exact) mass is 364 g/mol. The maximum atomic E-state index is 12.5. The van der Waals surface area contributed by atoms with Crippen LogP contribution in [-0.2, 0) is 23.4 Å². The second kappa shape index (κ2) is 6.93. The van der Waals surface area contributed by atoms with Gasteiger partial charge in [0.2, 0.25) is 0 Å². The summed E-state index contributed by atoms with van der Waals surface area (Å²) >= 11 is 0. The van der Waals surface area contributed by atoms with Gasteiger partial charge in [0.15, 0.2) is 20.4 Å². The molecule has 2 heterocycles. The number of benzene rings is 1. The van der Waals surface area contributed by atoms with Crippen molar-refractivity contribution in [1.82, 2.24) is 0 Å². The molecule has 25 heavy (non-hydrogen) atoms. The van der Waals surface area contributed by atoms with E-state index in [9.17, 15) is 4.79 Å². The van der Waals surface area contributed by atoms with E-state index >= 15 is 0 Å². The Balaban J connectivity index is 1.81. The quantitative estimate of drug-likeness (QED) is 0.769. The minimum absolute atomic E-state index is 0.0189. The van der Waals surface area contributed by atoms with Crippen LogP contribution in [0, 0.1) is 0 Å². The lowest BCUT2D eigenvalue weighted by atomic mass is 10.0. The molecule has 0 aromatic heterocycles. The van der Waals surface area contributed by atoms with Crippen LogP contribution in [0.25, 0.3) is 0 Å². The number of rotatable bonds is 3. The summed E-state index contributed by atoms with van der Waals surface area (Å²) in [6, 6.07) is 9.76. The molecule has 2 aliphatic heterocycles. The van der Waals surface area contributed by atoms with Gasteiger partial charge < -0.3 is 18.6 Å². The molecular formula is C19H28O5Si. The molecule has 4 atom stereocenters. The van der Waals surface area contributed by atoms with Gasteiger partial charge in [0.25, 0.3) is 0 Å². The number of ether oxygens (including phenoxy) is 3. The highest BCUT2D eigenvalue weighted by atomic mass is 28.4. The molecular weight excluding hydrogens is 336 g/mol. The van der Waals surface area contributed by atoms with Crippen molar-refractivity contribution in [3.05, 3.63) is 35.9 Å². The van der Waals surface area contributed by atoms with Gasteiger partial charge in [0.1, 0.15) is 24.9 Å². The molecule has 0 amide bonds. The lowest BCUT2D eigenvalue weighted by Gasteiger charge is -2.46. The van der Waals surface area contributed by atoms with Crippen LogP contribution in [0.5, 0.6) is 0 Å². The minimum Gasteiger partial charge on any atom is -0.404 e. The van der Waals surface area contributed by atoms with Crippen molar-refractivity contribution in [2.24, 2.45) is 0 Å². The Morgan fingerprint density at radius 3 is 2.44 bits per heavy atom. The van der Waals surface area contributed by atoms with Crippen molar-refractivity contribution in [3.63, 3.8) is 0 Å². The molecule has 2 fully saturated rings. The van der Waals surface area contributed by atoms with Gasteiger partial charge in [0, 0.05) is 5.56 Å². The van der Waals surface area contributed by atoms with E-state index in [1.165, 1.54) is 0 Å². The molecule has 1 aromatic rings. The van der Waals surface area contributed by atoms with Crippen molar-refractivity contribution >= 4 is 14.1 Å². The first-order valence-corrected chi connectivity index (χ1v) is 11.7. The molecule has 0 spiro atoms. The van der Waals surface area contributed by atoms with Crippen molar-refractivity contribution in [2.45, 2.75) is 63.5 Å². The highest BCUT2D eigenvalue weighted by molar-refractivity contribution is 6.74. The van der Waals surface area contributed by atoms with Gasteiger partial charge in [-0.1, -0.05) is 51.1 Å². The summed E-state index contributed by atoms with van der Waals surface area (Å²) in [7, 11) is -2.11. The highest BCUT2D eigenvalue weighted by Gasteiger charge is 2.50. The maximum absolute atomic E-state index is 12.5. The van der Waals surface area contributed by atoms with Gasteiger partial charge in [-0.25, -0.2) is 0 Å². The molecule has 5 nitrogen and oxygen atoms in total. The fraction of sp³-hybridized carbons (Fsp3) is 0.632. The molecule has 0 aliphatic carbocycles. The Labute approximate surface area is 150 Å². The number of carbonyl (C=O) groups excluding carboxylic acids is 1. The first-order valence-electron chi connectivity index (χ1n) is 8.83. The molecule has 138 valence electrons. The van der Waals surface area contributed by atoms with Crippen LogP contribution in [0.1, 0.15) is 32.6 Å². The van der Waals surface area contributed by atoms with Crippen molar-refractivity contribution < 1.29 is 23.4 Å². The topological polar surface area (TPSA) is 54.0 Å². The summed E-state index contributed by atoms with van der Waals surface area (Å²) in [6.07, 6.45) is -1.79. The van der Waals surface area contributed by atoms with E-state index in [1.807, 2.05) is 30.3 Å². The first kappa shape index (κ1) is 18.7. The lowest BCUT2D eigenvalue weighted by Crippen LogP contribution is -2.60. The first-order chi connectivity index (χ1) is 11.7. The Bertz CT molecular complexity index is 610. The van der Waals surface area contributed by atoms with Crippen LogP contribution >= 0.6 is 0 Å². The third kappa shape index (κ3) is 3.88. The molecule has 6 heteroatoms. The molecule has 1 aromatic carbocycles. The summed E-state index contributed by atoms with van der Waals surface area (Å²) in [6.45, 7) is 11.3. The summed E-state index contributed by atoms with van der Waals surface area (Å²) in [5.41, 5.74) is 0.935. The van der Waals surface area contributed by atoms with Gasteiger partial charge in [0.05, 0.1) is 6.61 Å². The average molecular weight is 365 g/mol. The smallest absolute Gasteiger partial charge is 0.193 e. The van der Waals surface area contributed by atoms with Crippen LogP contribution in [0.2, 0.25) is 18.1 Å². The van der Waals surface area contributed by atoms with Gasteiger partial charge in [-0.05, 0) is 18.1 Å². The predicted molar refractivity (Wildman–Crippen MR) is 96.8 cm³/mol. The Kier molecular flexibility index (Phi) is 5.19. The fourth-order valence-electron chi connectivity index (χ4n) is 2.82. The second-order valence-electron chi connectivity index (χ2n) is 8.29. The summed E-state index contributed by atoms with van der Waals surface area (Å²) in [5, 5.41) is 0.0189. The van der Waals surface area contributed by atoms with Crippen LogP contribution < -0.4 is 0 Å². The minimum atomic E-state index is -2.11. The van der Waals surface area contributed by atoms with Gasteiger partial charge in [-0.2, -0.15) is 0 Å². The molecule has 2 aliphatic rings. The Morgan fingerprint density at radius 1 is 1.12 bits per heavy atom. The standard InChI is InChI=1S/C19H28O5Si/c1-19(2,3)25(4,5)24-16-14(20)11-21-15-12-22-18(23-17(15)16)13-9-7-6-8-10-13/h6-10,15-18H,11-12H2,1-5H3/t15-,16-,17+,18-/m1/s1. The van der Waals surface area contributed by atoms with Crippen molar-refractivity contribution in [1.29, 1.82) is 0 Å². The van der Waals surface area contributed by atoms with Crippen LogP contribution in [-0.4, -0.2) is 45.6 Å². The molecule has 2 saturated heterocycles. The molecule has 0 saturated carbocycles. The lowest BCUT2D eigenvalue weighted by molar-refractivity contribution is -0.288. The SMILES string of the molecule is CC(C)(C)[Si](C)(C)O[C@@H]1C(=O)CO[C@@H]2CO[C@@H](c3ccccc3)O[C@H]12. The van der Waals surface area contributed by atoms with E-state index in [1.54, 1.807) is 0 Å². The normalized spacial score (nSPS) is 30.8. The summed E-state index contributed by atoms with van der Waals surface area (Å²) < 4.78 is 24.0. The van der Waals surface area contributed by atoms with Crippen LogP contribution in [0.4, 0.5) is 0 Å². The van der Waals surface area contributed by atoms with Crippen LogP contribution in [0.15, 0.2) is 30.3 Å². The van der Waals surface area contributed by atoms with Crippen LogP contribution in [0.3, 0.4) is 0 Å². The number of carbonyl (C=O) groups is 1. The van der Waals surface area contributed by atoms with Gasteiger partial charge >= 0.3 is 0 Å². The number of fused-ring (bicyclic) bond motifs is 1. The Hall–Kier alpha value is -1.05. The van der Waals surface area contributed by atoms with E-state index in [2.05, 4.69) is 33.9 Å². The molecule has 0 N–H and O–H groups in total. The zero-order valence-electron chi connectivity index (χ0n) is 15.7. The summed E-state index contributed by atoms with van der Waals surface area (Å²) in [5.74, 6) is -0.0419. The fourth-order valence-corrected chi connectivity index (χ4v) is 4.08. The number of ketones is 1. The van der Waals surface area contributed by atoms with E-state index in [0.29, 0.717) is 6.61 Å². The average Bonchev–Trinajstić information content (AvgIpc) is 2.57. The van der Waals surface area contributed by atoms with E-state index < -0.39 is 26.8 Å². The zero-order valence-corrected chi connectivity index (χ0v) is 16.7. The van der Waals surface area contributed by atoms with Crippen molar-refractivity contribution in [2.75, 3.05) is 13.2 Å². The third-order valence-electron chi connectivity index (χ3n) is 5.41. The number of hydrogen-bond donors (Lipinski definition) is 0. The second-order valence-corrected chi connectivity index (χ2v) is 13.0. The number of Topliss-reactive ketones (excluding diaryl/α,β-unsaturated/α-hetero) is 1. The van der Waals surface area contributed by atoms with E-state index in [-0.39, 0.29) is 23.5 Å². The van der Waals surface area contributed by atoms with E-state index in [0.717, 1.165) is 5.56 Å².